The first kappa shape index (κ1) is 22.9. The van der Waals surface area contributed by atoms with Gasteiger partial charge in [-0.2, -0.15) is 0 Å². The Hall–Kier alpha value is -3.84. The van der Waals surface area contributed by atoms with Gasteiger partial charge in [0.1, 0.15) is 0 Å². The fourth-order valence-electron chi connectivity index (χ4n) is 5.76. The molecule has 0 atom stereocenters. The molecule has 0 fully saturated rings. The van der Waals surface area contributed by atoms with Crippen LogP contribution in [0.5, 0.6) is 0 Å². The van der Waals surface area contributed by atoms with Gasteiger partial charge in [0.2, 0.25) is 0 Å². The maximum Gasteiger partial charge on any atom is 0.0544 e. The molecule has 0 radical (unpaired) electrons. The zero-order valence-corrected chi connectivity index (χ0v) is 21.2. The number of benzene rings is 3. The monoisotopic (exact) mass is 455 g/mol. The van der Waals surface area contributed by atoms with Gasteiger partial charge in [0.05, 0.1) is 11.0 Å². The molecule has 0 bridgehead atoms. The van der Waals surface area contributed by atoms with Crippen molar-refractivity contribution in [1.82, 2.24) is 4.57 Å². The van der Waals surface area contributed by atoms with Gasteiger partial charge in [-0.1, -0.05) is 88.6 Å². The van der Waals surface area contributed by atoms with E-state index in [1.807, 2.05) is 18.2 Å². The summed E-state index contributed by atoms with van der Waals surface area (Å²) in [6.45, 7) is 17.0. The van der Waals surface area contributed by atoms with Crippen molar-refractivity contribution in [2.75, 3.05) is 0 Å². The van der Waals surface area contributed by atoms with E-state index >= 15 is 0 Å². The molecule has 0 N–H and O–H groups in total. The maximum atomic E-state index is 4.03. The minimum absolute atomic E-state index is 0.0345. The molecule has 1 nitrogen and oxygen atoms in total. The summed E-state index contributed by atoms with van der Waals surface area (Å²) in [7, 11) is 0. The maximum absolute atomic E-state index is 4.03. The number of para-hydroxylation sites is 1. The Balaban J connectivity index is 1.92. The molecule has 4 aromatic rings. The first-order valence-electron chi connectivity index (χ1n) is 12.5. The largest absolute Gasteiger partial charge is 0.309 e. The quantitative estimate of drug-likeness (QED) is 0.264. The van der Waals surface area contributed by atoms with Crippen LogP contribution in [0.2, 0.25) is 0 Å². The van der Waals surface area contributed by atoms with E-state index in [9.17, 15) is 0 Å². The van der Waals surface area contributed by atoms with Crippen LogP contribution < -0.4 is 0 Å². The molecule has 0 spiro atoms. The molecule has 1 aliphatic carbocycles. The second-order valence-electron chi connectivity index (χ2n) is 9.73. The number of hydrogen-bond donors (Lipinski definition) is 0. The summed E-state index contributed by atoms with van der Waals surface area (Å²) in [6.07, 6.45) is 11.5. The van der Waals surface area contributed by atoms with Crippen LogP contribution >= 0.6 is 0 Å². The van der Waals surface area contributed by atoms with E-state index in [1.165, 1.54) is 49.8 Å². The zero-order chi connectivity index (χ0) is 24.7. The molecule has 0 saturated heterocycles. The highest BCUT2D eigenvalue weighted by Gasteiger charge is 2.38. The van der Waals surface area contributed by atoms with Crippen LogP contribution in [0.15, 0.2) is 110 Å². The van der Waals surface area contributed by atoms with Crippen LogP contribution in [0.1, 0.15) is 50.8 Å². The lowest BCUT2D eigenvalue weighted by Gasteiger charge is -2.22. The lowest BCUT2D eigenvalue weighted by Crippen LogP contribution is -2.15. The van der Waals surface area contributed by atoms with Crippen LogP contribution in [0, 0.1) is 0 Å². The van der Waals surface area contributed by atoms with Crippen molar-refractivity contribution in [3.63, 3.8) is 0 Å². The molecule has 1 heteroatoms. The van der Waals surface area contributed by atoms with Gasteiger partial charge >= 0.3 is 0 Å². The first-order valence-corrected chi connectivity index (χ1v) is 12.5. The number of nitrogens with zero attached hydrogens (tertiary/aromatic N) is 1. The van der Waals surface area contributed by atoms with E-state index in [2.05, 4.69) is 118 Å². The summed E-state index contributed by atoms with van der Waals surface area (Å²) >= 11 is 0. The van der Waals surface area contributed by atoms with Crippen LogP contribution in [-0.2, 0) is 5.41 Å². The van der Waals surface area contributed by atoms with Crippen LogP contribution in [0.25, 0.3) is 38.6 Å². The lowest BCUT2D eigenvalue weighted by molar-refractivity contribution is 0.658. The Morgan fingerprint density at radius 2 is 1.69 bits per heavy atom. The van der Waals surface area contributed by atoms with Crippen LogP contribution in [0.3, 0.4) is 0 Å². The molecule has 0 unspecified atom stereocenters. The summed E-state index contributed by atoms with van der Waals surface area (Å²) < 4.78 is 2.41. The molecule has 1 heterocycles. The minimum atomic E-state index is -0.0345. The molecule has 0 amide bonds. The number of allylic oxidation sites excluding steroid dienone is 8. The third-order valence-corrected chi connectivity index (χ3v) is 7.39. The fourth-order valence-corrected chi connectivity index (χ4v) is 5.76. The third kappa shape index (κ3) is 3.46. The predicted octanol–water partition coefficient (Wildman–Crippen LogP) is 9.57. The molecular weight excluding hydrogens is 422 g/mol. The zero-order valence-electron chi connectivity index (χ0n) is 21.2. The van der Waals surface area contributed by atoms with Crippen molar-refractivity contribution in [3.8, 4) is 5.69 Å². The standard InChI is InChI=1S/C34H33N/c1-7-14-23(9-3)24-18-19-32-28(20-24)29-21-27-26(10-4)30(15-8-2)34(5,6)31(27)22-33(29)35(32)25-16-12-11-13-17-25/h7,9-22H,1,3,8H2,2,4-6H3/b23-14+,26-10-,30-15+. The third-order valence-electron chi connectivity index (χ3n) is 7.39. The summed E-state index contributed by atoms with van der Waals surface area (Å²) in [5.74, 6) is 0. The van der Waals surface area contributed by atoms with Gasteiger partial charge in [-0.15, -0.1) is 0 Å². The Bertz CT molecular complexity index is 1570. The molecule has 3 aromatic carbocycles. The van der Waals surface area contributed by atoms with Gasteiger partial charge in [-0.05, 0) is 83.2 Å². The Labute approximate surface area is 209 Å². The summed E-state index contributed by atoms with van der Waals surface area (Å²) in [5.41, 5.74) is 11.4. The SMILES string of the molecule is C=C/C=C(\C=C)c1ccc2c(c1)c1cc3c(cc1n2-c1ccccc1)C(C)(C)C(=C/CC)/C3=C\C. The van der Waals surface area contributed by atoms with Gasteiger partial charge < -0.3 is 4.57 Å². The lowest BCUT2D eigenvalue weighted by atomic mass is 9.81. The van der Waals surface area contributed by atoms with Gasteiger partial charge in [-0.25, -0.2) is 0 Å². The second kappa shape index (κ2) is 8.74. The van der Waals surface area contributed by atoms with E-state index < -0.39 is 0 Å². The first-order chi connectivity index (χ1) is 17.0. The van der Waals surface area contributed by atoms with Crippen molar-refractivity contribution < 1.29 is 0 Å². The topological polar surface area (TPSA) is 4.93 Å². The molecular formula is C34H33N. The number of fused-ring (bicyclic) bond motifs is 4. The van der Waals surface area contributed by atoms with Crippen molar-refractivity contribution >= 4 is 33.0 Å². The smallest absolute Gasteiger partial charge is 0.0544 e. The van der Waals surface area contributed by atoms with Gasteiger partial charge in [-0.3, -0.25) is 0 Å². The van der Waals surface area contributed by atoms with Crippen molar-refractivity contribution in [1.29, 1.82) is 0 Å². The van der Waals surface area contributed by atoms with Crippen molar-refractivity contribution in [2.24, 2.45) is 0 Å². The summed E-state index contributed by atoms with van der Waals surface area (Å²) in [4.78, 5) is 0. The summed E-state index contributed by atoms with van der Waals surface area (Å²) in [6, 6.07) is 22.3. The minimum Gasteiger partial charge on any atom is -0.309 e. The predicted molar refractivity (Wildman–Crippen MR) is 154 cm³/mol. The number of hydrogen-bond acceptors (Lipinski definition) is 0. The van der Waals surface area contributed by atoms with Gasteiger partial charge in [0, 0.05) is 21.9 Å². The van der Waals surface area contributed by atoms with E-state index in [0.717, 1.165) is 17.6 Å². The molecule has 0 aliphatic heterocycles. The van der Waals surface area contributed by atoms with Crippen LogP contribution in [0.4, 0.5) is 0 Å². The van der Waals surface area contributed by atoms with Gasteiger partial charge in [0.15, 0.2) is 0 Å². The van der Waals surface area contributed by atoms with E-state index in [4.69, 9.17) is 0 Å². The molecule has 5 rings (SSSR count). The Morgan fingerprint density at radius 1 is 0.943 bits per heavy atom. The molecule has 1 aliphatic rings. The number of aromatic nitrogens is 1. The fraction of sp³-hybridized carbons (Fsp3) is 0.176. The Kier molecular flexibility index (Phi) is 5.73. The van der Waals surface area contributed by atoms with Crippen molar-refractivity contribution in [2.45, 2.75) is 39.5 Å². The summed E-state index contributed by atoms with van der Waals surface area (Å²) in [5, 5.41) is 2.53. The average molecular weight is 456 g/mol. The van der Waals surface area contributed by atoms with Crippen LogP contribution in [-0.4, -0.2) is 4.57 Å². The normalized spacial score (nSPS) is 17.4. The molecule has 35 heavy (non-hydrogen) atoms. The average Bonchev–Trinajstić information content (AvgIpc) is 3.30. The second-order valence-corrected chi connectivity index (χ2v) is 9.73. The van der Waals surface area contributed by atoms with Crippen molar-refractivity contribution in [3.05, 3.63) is 126 Å². The highest BCUT2D eigenvalue weighted by atomic mass is 15.0. The highest BCUT2D eigenvalue weighted by Crippen LogP contribution is 2.52. The van der Waals surface area contributed by atoms with E-state index in [0.29, 0.717) is 0 Å². The molecule has 0 saturated carbocycles. The molecule has 1 aromatic heterocycles. The van der Waals surface area contributed by atoms with E-state index in [1.54, 1.807) is 0 Å². The van der Waals surface area contributed by atoms with E-state index in [-0.39, 0.29) is 5.41 Å². The Morgan fingerprint density at radius 3 is 2.34 bits per heavy atom. The molecule has 174 valence electrons. The van der Waals surface area contributed by atoms with Gasteiger partial charge in [0.25, 0.3) is 0 Å². The number of rotatable bonds is 5. The highest BCUT2D eigenvalue weighted by molar-refractivity contribution is 6.12.